The van der Waals surface area contributed by atoms with Crippen LogP contribution in [0, 0.1) is 11.8 Å². The highest BCUT2D eigenvalue weighted by Crippen LogP contribution is 2.17. The van der Waals surface area contributed by atoms with Gasteiger partial charge >= 0.3 is 11.9 Å². The van der Waals surface area contributed by atoms with Crippen LogP contribution in [0.2, 0.25) is 0 Å². The van der Waals surface area contributed by atoms with E-state index in [0.29, 0.717) is 19.3 Å². The molecule has 0 rings (SSSR count). The molecule has 0 aliphatic heterocycles. The van der Waals surface area contributed by atoms with E-state index < -0.39 is 67.1 Å². The third-order valence-corrected chi connectivity index (χ3v) is 9.33. The van der Waals surface area contributed by atoms with Crippen LogP contribution in [-0.4, -0.2) is 89.0 Å². The summed E-state index contributed by atoms with van der Waals surface area (Å²) in [6.45, 7) is 7.91. The second-order valence-corrected chi connectivity index (χ2v) is 15.5. The molecule has 0 aromatic carbocycles. The third kappa shape index (κ3) is 30.3. The highest BCUT2D eigenvalue weighted by atomic mass is 16.5. The largest absolute Gasteiger partial charge is 0.480 e. The van der Waals surface area contributed by atoms with Crippen molar-refractivity contribution in [3.8, 4) is 0 Å². The van der Waals surface area contributed by atoms with Crippen molar-refractivity contribution in [1.29, 1.82) is 0 Å². The number of carbonyl (C=O) groups excluding carboxylic acids is 4. The van der Waals surface area contributed by atoms with Crippen molar-refractivity contribution in [3.05, 3.63) is 0 Å². The molecule has 0 heterocycles. The van der Waals surface area contributed by atoms with Crippen molar-refractivity contribution in [2.45, 2.75) is 193 Å². The van der Waals surface area contributed by atoms with Crippen LogP contribution in [0.25, 0.3) is 0 Å². The zero-order valence-corrected chi connectivity index (χ0v) is 33.5. The molecule has 8 N–H and O–H groups in total. The molecule has 0 fully saturated rings. The lowest BCUT2D eigenvalue weighted by Crippen LogP contribution is -2.54. The minimum absolute atomic E-state index is 0.0851. The lowest BCUT2D eigenvalue weighted by atomic mass is 10.0. The number of ether oxygens (including phenoxy) is 1. The van der Waals surface area contributed by atoms with Crippen molar-refractivity contribution in [1.82, 2.24) is 16.0 Å². The van der Waals surface area contributed by atoms with Gasteiger partial charge in [0, 0.05) is 0 Å². The predicted octanol–water partition coefficient (Wildman–Crippen LogP) is 5.27. The van der Waals surface area contributed by atoms with Crippen LogP contribution in [0.5, 0.6) is 0 Å². The molecule has 0 aliphatic rings. The quantitative estimate of drug-likeness (QED) is 0.0328. The number of nitrogens with one attached hydrogen (secondary N) is 3. The smallest absolute Gasteiger partial charge is 0.326 e. The van der Waals surface area contributed by atoms with Crippen molar-refractivity contribution in [2.24, 2.45) is 17.6 Å². The first-order valence-corrected chi connectivity index (χ1v) is 20.6. The van der Waals surface area contributed by atoms with E-state index in [1.807, 2.05) is 0 Å². The Kier molecular flexibility index (Phi) is 30.9. The minimum Gasteiger partial charge on any atom is -0.480 e. The standard InChI is InChI=1S/C40H76N4O9/c1-30(2)20-15-11-7-5-9-13-17-22-32(46)26-38(49)53-33(23-18-14-10-6-8-12-16-21-31(3)4)27-36(47)42-28-37(48)43-35(29-45)39(50)44-34(40(51)52)24-19-25-41/h30-35,45-46H,5-29,41H2,1-4H3,(H,42,47)(H,43,48)(H,44,50)(H,51,52). The van der Waals surface area contributed by atoms with E-state index in [1.54, 1.807) is 0 Å². The van der Waals surface area contributed by atoms with Crippen LogP contribution in [0.3, 0.4) is 0 Å². The third-order valence-electron chi connectivity index (χ3n) is 9.33. The van der Waals surface area contributed by atoms with E-state index in [2.05, 4.69) is 43.6 Å². The summed E-state index contributed by atoms with van der Waals surface area (Å²) >= 11 is 0. The molecule has 0 saturated carbocycles. The van der Waals surface area contributed by atoms with E-state index in [9.17, 15) is 39.3 Å². The van der Waals surface area contributed by atoms with Gasteiger partial charge in [-0.15, -0.1) is 0 Å². The fourth-order valence-corrected chi connectivity index (χ4v) is 6.10. The molecule has 13 nitrogen and oxygen atoms in total. The Balaban J connectivity index is 4.88. The first-order chi connectivity index (χ1) is 25.3. The summed E-state index contributed by atoms with van der Waals surface area (Å²) in [4.78, 5) is 62.1. The van der Waals surface area contributed by atoms with Crippen LogP contribution in [0.4, 0.5) is 0 Å². The van der Waals surface area contributed by atoms with Crippen LogP contribution < -0.4 is 21.7 Å². The second kappa shape index (κ2) is 32.6. The number of hydrogen-bond acceptors (Lipinski definition) is 9. The molecule has 13 heteroatoms. The van der Waals surface area contributed by atoms with Gasteiger partial charge in [-0.3, -0.25) is 19.2 Å². The summed E-state index contributed by atoms with van der Waals surface area (Å²) in [5, 5.41) is 36.5. The lowest BCUT2D eigenvalue weighted by molar-refractivity contribution is -0.153. The Morgan fingerprint density at radius 3 is 1.57 bits per heavy atom. The number of hydrogen-bond donors (Lipinski definition) is 7. The van der Waals surface area contributed by atoms with Gasteiger partial charge in [0.25, 0.3) is 0 Å². The molecule has 0 aromatic heterocycles. The van der Waals surface area contributed by atoms with E-state index in [0.717, 1.165) is 56.8 Å². The zero-order chi connectivity index (χ0) is 39.9. The van der Waals surface area contributed by atoms with Gasteiger partial charge in [0.05, 0.1) is 32.1 Å². The number of carbonyl (C=O) groups is 5. The number of carboxylic acid groups (broad SMARTS) is 1. The summed E-state index contributed by atoms with van der Waals surface area (Å²) in [5.74, 6) is -2.55. The minimum atomic E-state index is -1.42. The van der Waals surface area contributed by atoms with Gasteiger partial charge in [0.15, 0.2) is 0 Å². The number of esters is 1. The maximum absolute atomic E-state index is 12.8. The predicted molar refractivity (Wildman–Crippen MR) is 208 cm³/mol. The second-order valence-electron chi connectivity index (χ2n) is 15.5. The number of unbranched alkanes of at least 4 members (excludes halogenated alkanes) is 12. The molecular formula is C40H76N4O9. The normalized spacial score (nSPS) is 13.7. The van der Waals surface area contributed by atoms with Gasteiger partial charge in [-0.1, -0.05) is 124 Å². The van der Waals surface area contributed by atoms with E-state index in [-0.39, 0.29) is 25.8 Å². The fraction of sp³-hybridized carbons (Fsp3) is 0.875. The van der Waals surface area contributed by atoms with Crippen molar-refractivity contribution < 1.29 is 44.0 Å². The zero-order valence-electron chi connectivity index (χ0n) is 33.5. The summed E-state index contributed by atoms with van der Waals surface area (Å²) in [7, 11) is 0. The van der Waals surface area contributed by atoms with Crippen LogP contribution >= 0.6 is 0 Å². The maximum atomic E-state index is 12.8. The number of nitrogens with two attached hydrogens (primary N) is 1. The number of rotatable bonds is 35. The lowest BCUT2D eigenvalue weighted by Gasteiger charge is -2.20. The molecule has 0 saturated heterocycles. The molecule has 4 unspecified atom stereocenters. The number of carboxylic acids is 1. The van der Waals surface area contributed by atoms with Gasteiger partial charge in [-0.25, -0.2) is 4.79 Å². The number of aliphatic hydroxyl groups excluding tert-OH is 2. The van der Waals surface area contributed by atoms with Crippen LogP contribution in [-0.2, 0) is 28.7 Å². The molecule has 53 heavy (non-hydrogen) atoms. The molecule has 0 aliphatic carbocycles. The van der Waals surface area contributed by atoms with Crippen molar-refractivity contribution >= 4 is 29.7 Å². The molecule has 0 radical (unpaired) electrons. The molecule has 3 amide bonds. The first kappa shape index (κ1) is 50.2. The monoisotopic (exact) mass is 757 g/mol. The highest BCUT2D eigenvalue weighted by Gasteiger charge is 2.26. The van der Waals surface area contributed by atoms with E-state index in [4.69, 9.17) is 10.5 Å². The van der Waals surface area contributed by atoms with Gasteiger partial charge in [0.2, 0.25) is 17.7 Å². The average Bonchev–Trinajstić information content (AvgIpc) is 3.09. The topological polar surface area (TPSA) is 217 Å². The summed E-state index contributed by atoms with van der Waals surface area (Å²) in [6.07, 6.45) is 17.5. The Morgan fingerprint density at radius 2 is 1.09 bits per heavy atom. The van der Waals surface area contributed by atoms with E-state index >= 15 is 0 Å². The summed E-state index contributed by atoms with van der Waals surface area (Å²) in [5.41, 5.74) is 5.42. The Bertz CT molecular complexity index is 995. The highest BCUT2D eigenvalue weighted by molar-refractivity contribution is 5.92. The number of amides is 3. The number of aliphatic hydroxyl groups is 2. The summed E-state index contributed by atoms with van der Waals surface area (Å²) < 4.78 is 5.68. The average molecular weight is 757 g/mol. The first-order valence-electron chi connectivity index (χ1n) is 20.6. The molecule has 0 bridgehead atoms. The molecule has 0 aromatic rings. The van der Waals surface area contributed by atoms with Crippen molar-refractivity contribution in [2.75, 3.05) is 19.7 Å². The molecule has 310 valence electrons. The van der Waals surface area contributed by atoms with Crippen LogP contribution in [0.1, 0.15) is 169 Å². The fourth-order valence-electron chi connectivity index (χ4n) is 6.10. The van der Waals surface area contributed by atoms with Gasteiger partial charge in [-0.05, 0) is 50.5 Å². The Hall–Kier alpha value is -2.77. The molecular weight excluding hydrogens is 680 g/mol. The van der Waals surface area contributed by atoms with Gasteiger partial charge in [-0.2, -0.15) is 0 Å². The van der Waals surface area contributed by atoms with Crippen LogP contribution in [0.15, 0.2) is 0 Å². The van der Waals surface area contributed by atoms with Gasteiger partial charge < -0.3 is 41.7 Å². The summed E-state index contributed by atoms with van der Waals surface area (Å²) in [6, 6.07) is -2.65. The SMILES string of the molecule is CC(C)CCCCCCCCCC(O)CC(=O)OC(CCCCCCCCCC(C)C)CC(=O)NCC(=O)NC(CO)C(=O)NC(CCCN)C(=O)O. The number of aliphatic carboxylic acids is 1. The van der Waals surface area contributed by atoms with E-state index in [1.165, 1.54) is 57.8 Å². The maximum Gasteiger partial charge on any atom is 0.326 e. The molecule has 0 spiro atoms. The molecule has 4 atom stereocenters. The van der Waals surface area contributed by atoms with Gasteiger partial charge in [0.1, 0.15) is 18.2 Å². The Morgan fingerprint density at radius 1 is 0.604 bits per heavy atom. The Labute approximate surface area is 319 Å². The van der Waals surface area contributed by atoms with Crippen molar-refractivity contribution in [3.63, 3.8) is 0 Å².